The van der Waals surface area contributed by atoms with E-state index in [1.54, 1.807) is 60.7 Å². The van der Waals surface area contributed by atoms with Gasteiger partial charge in [0, 0.05) is 18.2 Å². The van der Waals surface area contributed by atoms with Gasteiger partial charge < -0.3 is 0 Å². The number of benzene rings is 2. The fraction of sp³-hybridized carbons (Fsp3) is 0.176. The molecule has 2 rings (SSSR count). The van der Waals surface area contributed by atoms with E-state index in [1.807, 2.05) is 0 Å². The molecule has 0 saturated heterocycles. The first-order valence-corrected chi connectivity index (χ1v) is 8.61. The number of Topliss-reactive ketones (excluding diaryl/α,β-unsaturated/α-hetero) is 2. The van der Waals surface area contributed by atoms with Crippen molar-refractivity contribution in [2.75, 3.05) is 20.3 Å². The lowest BCUT2D eigenvalue weighted by Crippen LogP contribution is -2.13. The van der Waals surface area contributed by atoms with E-state index in [-0.39, 0.29) is 11.6 Å². The first kappa shape index (κ1) is 18.2. The highest BCUT2D eigenvalue weighted by Crippen LogP contribution is 2.48. The predicted molar refractivity (Wildman–Crippen MR) is 88.1 cm³/mol. The van der Waals surface area contributed by atoms with Gasteiger partial charge in [0.25, 0.3) is 0 Å². The van der Waals surface area contributed by atoms with Gasteiger partial charge in [-0.15, -0.1) is 0 Å². The van der Waals surface area contributed by atoms with E-state index in [0.29, 0.717) is 11.1 Å². The normalized spacial score (nSPS) is 11.2. The quantitative estimate of drug-likeness (QED) is 0.509. The van der Waals surface area contributed by atoms with Crippen LogP contribution in [-0.2, 0) is 18.1 Å². The maximum Gasteiger partial charge on any atom is 0.475 e. The molecule has 6 nitrogen and oxygen atoms in total. The Balaban J connectivity index is 1.90. The molecule has 0 spiro atoms. The number of ketones is 2. The molecule has 0 atom stereocenters. The minimum Gasteiger partial charge on any atom is -0.292 e. The van der Waals surface area contributed by atoms with Crippen molar-refractivity contribution >= 4 is 19.4 Å². The van der Waals surface area contributed by atoms with Crippen molar-refractivity contribution in [1.29, 1.82) is 0 Å². The largest absolute Gasteiger partial charge is 0.475 e. The molecule has 24 heavy (non-hydrogen) atoms. The number of hydrogen-bond acceptors (Lipinski definition) is 6. The third kappa shape index (κ3) is 5.22. The highest BCUT2D eigenvalue weighted by molar-refractivity contribution is 7.48. The first-order valence-electron chi connectivity index (χ1n) is 7.15. The Labute approximate surface area is 140 Å². The van der Waals surface area contributed by atoms with Gasteiger partial charge >= 0.3 is 7.82 Å². The van der Waals surface area contributed by atoms with Gasteiger partial charge in [0.15, 0.2) is 11.6 Å². The van der Waals surface area contributed by atoms with Crippen molar-refractivity contribution in [2.45, 2.75) is 0 Å². The maximum atomic E-state index is 12.3. The summed E-state index contributed by atoms with van der Waals surface area (Å²) in [6, 6.07) is 16.8. The van der Waals surface area contributed by atoms with Crippen molar-refractivity contribution < 1.29 is 27.7 Å². The molecule has 0 aliphatic carbocycles. The molecule has 0 heterocycles. The molecule has 0 fully saturated rings. The molecular weight excluding hydrogens is 331 g/mol. The fourth-order valence-electron chi connectivity index (χ4n) is 1.83. The lowest BCUT2D eigenvalue weighted by Gasteiger charge is -2.15. The van der Waals surface area contributed by atoms with E-state index < -0.39 is 21.0 Å². The van der Waals surface area contributed by atoms with E-state index in [0.717, 1.165) is 7.11 Å². The van der Waals surface area contributed by atoms with Crippen molar-refractivity contribution in [3.63, 3.8) is 0 Å². The summed E-state index contributed by atoms with van der Waals surface area (Å²) in [5.74, 6) is -0.739. The minimum atomic E-state index is -3.99. The zero-order valence-electron chi connectivity index (χ0n) is 13.1. The molecule has 0 amide bonds. The topological polar surface area (TPSA) is 78.9 Å². The number of hydrogen-bond donors (Lipinski definition) is 0. The Hall–Kier alpha value is -2.11. The van der Waals surface area contributed by atoms with Gasteiger partial charge in [-0.3, -0.25) is 23.2 Å². The van der Waals surface area contributed by atoms with Crippen LogP contribution < -0.4 is 0 Å². The average molecular weight is 348 g/mol. The molecule has 0 saturated carbocycles. The lowest BCUT2D eigenvalue weighted by molar-refractivity contribution is 0.0773. The van der Waals surface area contributed by atoms with Crippen LogP contribution in [0.3, 0.4) is 0 Å². The first-order chi connectivity index (χ1) is 11.5. The van der Waals surface area contributed by atoms with Crippen molar-refractivity contribution in [3.05, 3.63) is 71.8 Å². The molecule has 2 aromatic rings. The highest BCUT2D eigenvalue weighted by Gasteiger charge is 2.27. The molecular formula is C17H17O6P. The fourth-order valence-corrected chi connectivity index (χ4v) is 2.67. The van der Waals surface area contributed by atoms with Crippen LogP contribution in [0.1, 0.15) is 20.7 Å². The third-order valence-corrected chi connectivity index (χ3v) is 4.46. The van der Waals surface area contributed by atoms with Gasteiger partial charge in [-0.25, -0.2) is 4.57 Å². The molecule has 7 heteroatoms. The summed E-state index contributed by atoms with van der Waals surface area (Å²) in [6.07, 6.45) is 0. The second kappa shape index (κ2) is 8.66. The second-order valence-electron chi connectivity index (χ2n) is 4.76. The van der Waals surface area contributed by atoms with Gasteiger partial charge in [0.2, 0.25) is 0 Å². The number of phosphoric ester groups is 1. The van der Waals surface area contributed by atoms with Crippen LogP contribution in [0, 0.1) is 0 Å². The van der Waals surface area contributed by atoms with Crippen LogP contribution in [0.4, 0.5) is 0 Å². The SMILES string of the molecule is COP(=O)(OCC(=O)c1ccccc1)OCC(=O)c1ccccc1. The van der Waals surface area contributed by atoms with Crippen molar-refractivity contribution in [2.24, 2.45) is 0 Å². The van der Waals surface area contributed by atoms with Crippen LogP contribution in [0.25, 0.3) is 0 Å². The Kier molecular flexibility index (Phi) is 6.58. The Morgan fingerprint density at radius 2 is 1.17 bits per heavy atom. The third-order valence-electron chi connectivity index (χ3n) is 3.12. The highest BCUT2D eigenvalue weighted by atomic mass is 31.2. The maximum absolute atomic E-state index is 12.3. The Morgan fingerprint density at radius 3 is 1.50 bits per heavy atom. The summed E-state index contributed by atoms with van der Waals surface area (Å²) >= 11 is 0. The molecule has 0 N–H and O–H groups in total. The van der Waals surface area contributed by atoms with Crippen LogP contribution in [0.15, 0.2) is 60.7 Å². The van der Waals surface area contributed by atoms with E-state index in [1.165, 1.54) is 0 Å². The molecule has 126 valence electrons. The van der Waals surface area contributed by atoms with E-state index >= 15 is 0 Å². The van der Waals surface area contributed by atoms with Crippen LogP contribution >= 0.6 is 7.82 Å². The molecule has 2 aromatic carbocycles. The molecule has 0 bridgehead atoms. The smallest absolute Gasteiger partial charge is 0.292 e. The van der Waals surface area contributed by atoms with E-state index in [2.05, 4.69) is 0 Å². The van der Waals surface area contributed by atoms with Crippen molar-refractivity contribution in [1.82, 2.24) is 0 Å². The molecule has 0 unspecified atom stereocenters. The molecule has 0 aromatic heterocycles. The summed E-state index contributed by atoms with van der Waals surface area (Å²) < 4.78 is 27.0. The second-order valence-corrected chi connectivity index (χ2v) is 6.53. The predicted octanol–water partition coefficient (Wildman–Crippen LogP) is 3.54. The number of carbonyl (C=O) groups excluding carboxylic acids is 2. The standard InChI is InChI=1S/C17H17O6P/c1-21-24(20,22-12-16(18)14-8-4-2-5-9-14)23-13-17(19)15-10-6-3-7-11-15/h2-11H,12-13H2,1H3. The zero-order valence-corrected chi connectivity index (χ0v) is 14.0. The average Bonchev–Trinajstić information content (AvgIpc) is 2.65. The van der Waals surface area contributed by atoms with E-state index in [4.69, 9.17) is 13.6 Å². The van der Waals surface area contributed by atoms with Crippen LogP contribution in [-0.4, -0.2) is 31.9 Å². The number of rotatable bonds is 9. The Morgan fingerprint density at radius 1 is 0.792 bits per heavy atom. The summed E-state index contributed by atoms with van der Waals surface area (Å²) in [7, 11) is -2.86. The Bertz CT molecular complexity index is 670. The monoisotopic (exact) mass is 348 g/mol. The van der Waals surface area contributed by atoms with Gasteiger partial charge in [-0.2, -0.15) is 0 Å². The summed E-state index contributed by atoms with van der Waals surface area (Å²) in [4.78, 5) is 23.9. The number of carbonyl (C=O) groups is 2. The summed E-state index contributed by atoms with van der Waals surface area (Å²) in [5, 5.41) is 0. The molecule has 0 aliphatic heterocycles. The zero-order chi connectivity index (χ0) is 17.4. The number of phosphoric acid groups is 1. The van der Waals surface area contributed by atoms with E-state index in [9.17, 15) is 14.2 Å². The summed E-state index contributed by atoms with van der Waals surface area (Å²) in [5.41, 5.74) is 0.834. The molecule has 0 radical (unpaired) electrons. The lowest BCUT2D eigenvalue weighted by atomic mass is 10.1. The van der Waals surface area contributed by atoms with Gasteiger partial charge in [0.05, 0.1) is 0 Å². The van der Waals surface area contributed by atoms with Crippen molar-refractivity contribution in [3.8, 4) is 0 Å². The van der Waals surface area contributed by atoms with Gasteiger partial charge in [0.1, 0.15) is 13.2 Å². The van der Waals surface area contributed by atoms with Gasteiger partial charge in [-0.1, -0.05) is 60.7 Å². The van der Waals surface area contributed by atoms with Crippen LogP contribution in [0.5, 0.6) is 0 Å². The van der Waals surface area contributed by atoms with Crippen LogP contribution in [0.2, 0.25) is 0 Å². The minimum absolute atomic E-state index is 0.370. The summed E-state index contributed by atoms with van der Waals surface area (Å²) in [6.45, 7) is -0.955. The van der Waals surface area contributed by atoms with Gasteiger partial charge in [-0.05, 0) is 0 Å². The molecule has 0 aliphatic rings.